The number of rotatable bonds is 9. The number of ether oxygens (including phenoxy) is 1. The molecule has 0 aromatic heterocycles. The zero-order chi connectivity index (χ0) is 22.1. The van der Waals surface area contributed by atoms with Crippen molar-refractivity contribution in [2.75, 3.05) is 12.0 Å². The van der Waals surface area contributed by atoms with Crippen molar-refractivity contribution in [2.45, 2.75) is 19.1 Å². The Hall–Kier alpha value is -3.46. The summed E-state index contributed by atoms with van der Waals surface area (Å²) in [6.07, 6.45) is -1.65. The zero-order valence-electron chi connectivity index (χ0n) is 15.6. The molecule has 2 aromatic carbocycles. The number of carboxylic acid groups (broad SMARTS) is 1. The normalized spacial score (nSPS) is 11.3. The molecule has 0 aliphatic rings. The number of carboxylic acids is 1. The van der Waals surface area contributed by atoms with Gasteiger partial charge in [-0.25, -0.2) is 9.18 Å². The minimum atomic E-state index is -1.56. The first-order valence-corrected chi connectivity index (χ1v) is 9.06. The second kappa shape index (κ2) is 10.9. The van der Waals surface area contributed by atoms with Gasteiger partial charge >= 0.3 is 12.1 Å². The van der Waals surface area contributed by atoms with E-state index >= 15 is 0 Å². The molecule has 0 aliphatic heterocycles. The van der Waals surface area contributed by atoms with Gasteiger partial charge in [0.15, 0.2) is 5.78 Å². The summed E-state index contributed by atoms with van der Waals surface area (Å²) in [6.45, 7) is -1.45. The van der Waals surface area contributed by atoms with Gasteiger partial charge in [-0.15, -0.1) is 0 Å². The van der Waals surface area contributed by atoms with Crippen LogP contribution in [0.25, 0.3) is 0 Å². The molecule has 0 bridgehead atoms. The largest absolute Gasteiger partial charge is 0.481 e. The van der Waals surface area contributed by atoms with E-state index in [1.165, 1.54) is 18.2 Å². The summed E-state index contributed by atoms with van der Waals surface area (Å²) in [7, 11) is 0. The lowest BCUT2D eigenvalue weighted by molar-refractivity contribution is -0.139. The zero-order valence-corrected chi connectivity index (χ0v) is 16.3. The Balaban J connectivity index is 2.12. The van der Waals surface area contributed by atoms with E-state index in [0.29, 0.717) is 0 Å². The minimum absolute atomic E-state index is 0.0134. The smallest absolute Gasteiger partial charge is 0.411 e. The number of alkyl halides is 1. The minimum Gasteiger partial charge on any atom is -0.481 e. The Bertz CT molecular complexity index is 938. The van der Waals surface area contributed by atoms with Crippen molar-refractivity contribution in [1.82, 2.24) is 5.32 Å². The number of hydrogen-bond donors (Lipinski definition) is 3. The maximum absolute atomic E-state index is 12.7. The number of ketones is 1. The van der Waals surface area contributed by atoms with Crippen LogP contribution < -0.4 is 10.6 Å². The van der Waals surface area contributed by atoms with Crippen molar-refractivity contribution in [3.8, 4) is 0 Å². The van der Waals surface area contributed by atoms with Gasteiger partial charge < -0.3 is 15.2 Å². The Morgan fingerprint density at radius 3 is 2.43 bits per heavy atom. The van der Waals surface area contributed by atoms with Crippen molar-refractivity contribution < 1.29 is 33.4 Å². The number of carbonyl (C=O) groups is 4. The second-order valence-corrected chi connectivity index (χ2v) is 6.54. The molecule has 0 aliphatic carbocycles. The van der Waals surface area contributed by atoms with E-state index in [9.17, 15) is 23.6 Å². The highest BCUT2D eigenvalue weighted by Gasteiger charge is 2.25. The average Bonchev–Trinajstić information content (AvgIpc) is 2.71. The lowest BCUT2D eigenvalue weighted by Gasteiger charge is -2.16. The van der Waals surface area contributed by atoms with E-state index in [1.807, 2.05) is 6.07 Å². The number of nitrogens with one attached hydrogen (secondary N) is 2. The first-order valence-electron chi connectivity index (χ1n) is 8.68. The maximum atomic E-state index is 12.7. The highest BCUT2D eigenvalue weighted by molar-refractivity contribution is 6.31. The second-order valence-electron chi connectivity index (χ2n) is 6.10. The van der Waals surface area contributed by atoms with Crippen LogP contribution >= 0.6 is 11.6 Å². The van der Waals surface area contributed by atoms with Crippen LogP contribution in [0.4, 0.5) is 14.9 Å². The van der Waals surface area contributed by atoms with Gasteiger partial charge in [0.05, 0.1) is 17.7 Å². The van der Waals surface area contributed by atoms with Crippen molar-refractivity contribution in [2.24, 2.45) is 0 Å². The van der Waals surface area contributed by atoms with Gasteiger partial charge in [-0.1, -0.05) is 41.9 Å². The van der Waals surface area contributed by atoms with Gasteiger partial charge in [0.1, 0.15) is 19.3 Å². The Morgan fingerprint density at radius 2 is 1.80 bits per heavy atom. The van der Waals surface area contributed by atoms with E-state index in [1.54, 1.807) is 24.3 Å². The monoisotopic (exact) mass is 436 g/mol. The molecular weight excluding hydrogens is 419 g/mol. The number of aliphatic carboxylic acids is 1. The average molecular weight is 437 g/mol. The van der Waals surface area contributed by atoms with Crippen LogP contribution in [0.5, 0.6) is 0 Å². The third kappa shape index (κ3) is 6.85. The fourth-order valence-corrected chi connectivity index (χ4v) is 2.61. The number of anilines is 1. The number of hydrogen-bond acceptors (Lipinski definition) is 5. The molecule has 0 radical (unpaired) electrons. The predicted molar refractivity (Wildman–Crippen MR) is 106 cm³/mol. The predicted octanol–water partition coefficient (Wildman–Crippen LogP) is 3.20. The van der Waals surface area contributed by atoms with Crippen LogP contribution in [-0.2, 0) is 20.9 Å². The Labute approximate surface area is 176 Å². The van der Waals surface area contributed by atoms with E-state index in [4.69, 9.17) is 21.4 Å². The van der Waals surface area contributed by atoms with Gasteiger partial charge in [-0.05, 0) is 23.8 Å². The van der Waals surface area contributed by atoms with Crippen LogP contribution in [0.2, 0.25) is 5.02 Å². The third-order valence-electron chi connectivity index (χ3n) is 3.88. The Kier molecular flexibility index (Phi) is 8.30. The summed E-state index contributed by atoms with van der Waals surface area (Å²) in [5, 5.41) is 13.6. The van der Waals surface area contributed by atoms with Crippen LogP contribution in [0.1, 0.15) is 22.3 Å². The van der Waals surface area contributed by atoms with E-state index in [-0.39, 0.29) is 22.9 Å². The molecule has 2 amide bonds. The molecule has 0 spiro atoms. The number of halogens is 2. The van der Waals surface area contributed by atoms with Crippen molar-refractivity contribution in [3.63, 3.8) is 0 Å². The standard InChI is InChI=1S/C20H18ClFN2O6/c21-13-6-7-14(19(28)23-16(9-18(26)27)17(25)10-22)15(8-13)24-20(29)30-11-12-4-2-1-3-5-12/h1-8,16H,9-11H2,(H,23,28)(H,24,29)(H,26,27). The van der Waals surface area contributed by atoms with Crippen LogP contribution in [0.15, 0.2) is 48.5 Å². The maximum Gasteiger partial charge on any atom is 0.411 e. The molecule has 0 saturated carbocycles. The van der Waals surface area contributed by atoms with E-state index in [2.05, 4.69) is 10.6 Å². The fourth-order valence-electron chi connectivity index (χ4n) is 2.44. The van der Waals surface area contributed by atoms with Crippen molar-refractivity contribution in [3.05, 3.63) is 64.7 Å². The molecule has 30 heavy (non-hydrogen) atoms. The van der Waals surface area contributed by atoms with Gasteiger partial charge in [-0.3, -0.25) is 19.7 Å². The molecule has 10 heteroatoms. The molecule has 3 N–H and O–H groups in total. The van der Waals surface area contributed by atoms with Gasteiger partial charge in [0, 0.05) is 5.02 Å². The summed E-state index contributed by atoms with van der Waals surface area (Å²) in [6, 6.07) is 11.2. The number of benzene rings is 2. The molecule has 158 valence electrons. The molecule has 1 atom stereocenters. The quantitative estimate of drug-likeness (QED) is 0.555. The third-order valence-corrected chi connectivity index (χ3v) is 4.12. The molecule has 0 heterocycles. The van der Waals surface area contributed by atoms with Crippen LogP contribution in [-0.4, -0.2) is 41.6 Å². The SMILES string of the molecule is O=C(O)CC(NC(=O)c1ccc(Cl)cc1NC(=O)OCc1ccccc1)C(=O)CF. The van der Waals surface area contributed by atoms with E-state index in [0.717, 1.165) is 5.56 Å². The summed E-state index contributed by atoms with van der Waals surface area (Å²) in [5.41, 5.74) is 0.607. The van der Waals surface area contributed by atoms with Crippen LogP contribution in [0, 0.1) is 0 Å². The molecule has 0 saturated heterocycles. The molecule has 2 rings (SSSR count). The lowest BCUT2D eigenvalue weighted by Crippen LogP contribution is -2.43. The highest BCUT2D eigenvalue weighted by atomic mass is 35.5. The van der Waals surface area contributed by atoms with Crippen molar-refractivity contribution in [1.29, 1.82) is 0 Å². The van der Waals surface area contributed by atoms with Gasteiger partial charge in [0.25, 0.3) is 5.91 Å². The number of carbonyl (C=O) groups excluding carboxylic acids is 3. The van der Waals surface area contributed by atoms with Crippen LogP contribution in [0.3, 0.4) is 0 Å². The molecule has 2 aromatic rings. The first-order chi connectivity index (χ1) is 14.3. The topological polar surface area (TPSA) is 122 Å². The summed E-state index contributed by atoms with van der Waals surface area (Å²) < 4.78 is 17.8. The molecule has 1 unspecified atom stereocenters. The first kappa shape index (κ1) is 22.8. The van der Waals surface area contributed by atoms with Crippen molar-refractivity contribution >= 4 is 41.0 Å². The lowest BCUT2D eigenvalue weighted by atomic mass is 10.1. The summed E-state index contributed by atoms with van der Waals surface area (Å²) in [5.74, 6) is -3.37. The number of Topliss-reactive ketones (excluding diaryl/α,β-unsaturated/α-hetero) is 1. The Morgan fingerprint density at radius 1 is 1.10 bits per heavy atom. The molecule has 0 fully saturated rings. The summed E-state index contributed by atoms with van der Waals surface area (Å²) >= 11 is 5.92. The van der Waals surface area contributed by atoms with Gasteiger partial charge in [0.2, 0.25) is 0 Å². The summed E-state index contributed by atoms with van der Waals surface area (Å²) in [4.78, 5) is 47.1. The molecule has 8 nitrogen and oxygen atoms in total. The molecular formula is C20H18ClFN2O6. The number of amides is 2. The fraction of sp³-hybridized carbons (Fsp3) is 0.200. The highest BCUT2D eigenvalue weighted by Crippen LogP contribution is 2.22. The van der Waals surface area contributed by atoms with E-state index < -0.39 is 42.9 Å². The van der Waals surface area contributed by atoms with Gasteiger partial charge in [-0.2, -0.15) is 0 Å².